The quantitative estimate of drug-likeness (QED) is 0.806. The molecule has 1 amide bonds. The van der Waals surface area contributed by atoms with E-state index < -0.39 is 0 Å². The van der Waals surface area contributed by atoms with Crippen LogP contribution in [0.2, 0.25) is 0 Å². The van der Waals surface area contributed by atoms with Crippen molar-refractivity contribution in [1.29, 1.82) is 0 Å². The van der Waals surface area contributed by atoms with Crippen molar-refractivity contribution >= 4 is 17.2 Å². The minimum absolute atomic E-state index is 0.0144. The van der Waals surface area contributed by atoms with Crippen molar-refractivity contribution in [3.8, 4) is 5.75 Å². The number of benzene rings is 1. The normalized spacial score (nSPS) is 23.0. The van der Waals surface area contributed by atoms with Crippen LogP contribution in [-0.4, -0.2) is 53.0 Å². The zero-order valence-electron chi connectivity index (χ0n) is 14.5. The Morgan fingerprint density at radius 3 is 3.04 bits per heavy atom. The topological polar surface area (TPSA) is 45.7 Å². The van der Waals surface area contributed by atoms with E-state index in [4.69, 9.17) is 4.74 Å². The van der Waals surface area contributed by atoms with E-state index in [9.17, 15) is 9.18 Å². The van der Waals surface area contributed by atoms with Crippen LogP contribution in [-0.2, 0) is 11.3 Å². The van der Waals surface area contributed by atoms with Crippen LogP contribution in [0.1, 0.15) is 18.5 Å². The second kappa shape index (κ2) is 7.72. The first-order chi connectivity index (χ1) is 12.7. The molecule has 1 aromatic heterocycles. The van der Waals surface area contributed by atoms with Crippen LogP contribution >= 0.6 is 11.3 Å². The van der Waals surface area contributed by atoms with Crippen LogP contribution in [0, 0.1) is 11.7 Å². The summed E-state index contributed by atoms with van der Waals surface area (Å²) in [7, 11) is 0. The largest absolute Gasteiger partial charge is 0.484 e. The highest BCUT2D eigenvalue weighted by Gasteiger charge is 2.37. The van der Waals surface area contributed by atoms with Crippen molar-refractivity contribution in [2.45, 2.75) is 25.4 Å². The molecule has 5 nitrogen and oxygen atoms in total. The fourth-order valence-electron chi connectivity index (χ4n) is 3.94. The Balaban J connectivity index is 1.37. The molecule has 0 radical (unpaired) electrons. The molecule has 3 fully saturated rings. The fourth-order valence-corrected chi connectivity index (χ4v) is 4.49. The van der Waals surface area contributed by atoms with Gasteiger partial charge in [0.05, 0.1) is 11.2 Å². The Hall–Kier alpha value is -1.99. The number of nitrogens with zero attached hydrogens (tertiary/aromatic N) is 3. The van der Waals surface area contributed by atoms with Crippen molar-refractivity contribution in [1.82, 2.24) is 14.8 Å². The summed E-state index contributed by atoms with van der Waals surface area (Å²) in [4.78, 5) is 21.5. The molecule has 0 N–H and O–H groups in total. The average Bonchev–Trinajstić information content (AvgIpc) is 2.98. The number of fused-ring (bicyclic) bond motifs is 4. The number of halogens is 1. The zero-order valence-corrected chi connectivity index (χ0v) is 15.3. The molecule has 0 saturated carbocycles. The molecule has 7 heteroatoms. The highest BCUT2D eigenvalue weighted by Crippen LogP contribution is 2.29. The van der Waals surface area contributed by atoms with Crippen LogP contribution in [0.15, 0.2) is 35.2 Å². The van der Waals surface area contributed by atoms with E-state index in [0.29, 0.717) is 11.7 Å². The second-order valence-electron chi connectivity index (χ2n) is 7.06. The number of hydrogen-bond acceptors (Lipinski definition) is 5. The number of hydrogen-bond donors (Lipinski definition) is 0. The number of carbonyl (C=O) groups is 1. The summed E-state index contributed by atoms with van der Waals surface area (Å²) in [5, 5.41) is 2.09. The lowest BCUT2D eigenvalue weighted by Gasteiger charge is -2.36. The predicted octanol–water partition coefficient (Wildman–Crippen LogP) is 2.78. The van der Waals surface area contributed by atoms with Gasteiger partial charge >= 0.3 is 0 Å². The van der Waals surface area contributed by atoms with Crippen molar-refractivity contribution in [3.05, 3.63) is 46.7 Å². The van der Waals surface area contributed by atoms with E-state index in [1.165, 1.54) is 12.1 Å². The molecular formula is C19H22FN3O2S. The lowest BCUT2D eigenvalue weighted by atomic mass is 9.95. The highest BCUT2D eigenvalue weighted by atomic mass is 32.1. The standard InChI is InChI=1S/C19H22FN3O2S/c20-15-2-1-3-18(6-15)25-11-19(24)23-8-14-4-5-17(23)10-22(7-14)9-16-12-26-13-21-16/h1-3,6,12-14,17H,4-5,7-11H2/t14-,17+/m1/s1. The van der Waals surface area contributed by atoms with Gasteiger partial charge in [-0.1, -0.05) is 6.07 Å². The van der Waals surface area contributed by atoms with Crippen molar-refractivity contribution < 1.29 is 13.9 Å². The lowest BCUT2D eigenvalue weighted by Crippen LogP contribution is -2.49. The Kier molecular flexibility index (Phi) is 5.17. The van der Waals surface area contributed by atoms with Crippen LogP contribution < -0.4 is 4.74 Å². The van der Waals surface area contributed by atoms with Gasteiger partial charge in [-0.25, -0.2) is 9.37 Å². The van der Waals surface area contributed by atoms with E-state index in [-0.39, 0.29) is 24.4 Å². The molecule has 138 valence electrons. The van der Waals surface area contributed by atoms with Gasteiger partial charge in [0.25, 0.3) is 5.91 Å². The van der Waals surface area contributed by atoms with E-state index in [0.717, 1.165) is 44.7 Å². The number of piperidine rings is 1. The maximum atomic E-state index is 13.2. The Labute approximate surface area is 156 Å². The van der Waals surface area contributed by atoms with Gasteiger partial charge in [-0.15, -0.1) is 11.3 Å². The Morgan fingerprint density at radius 2 is 2.23 bits per heavy atom. The molecule has 4 heterocycles. The number of amides is 1. The summed E-state index contributed by atoms with van der Waals surface area (Å²) in [6, 6.07) is 6.13. The molecule has 3 saturated heterocycles. The van der Waals surface area contributed by atoms with Crippen LogP contribution in [0.3, 0.4) is 0 Å². The average molecular weight is 375 g/mol. The summed E-state index contributed by atoms with van der Waals surface area (Å²) in [5.74, 6) is 0.509. The number of ether oxygens (including phenoxy) is 1. The number of thiazole rings is 1. The van der Waals surface area contributed by atoms with Crippen LogP contribution in [0.4, 0.5) is 4.39 Å². The van der Waals surface area contributed by atoms with E-state index >= 15 is 0 Å². The van der Waals surface area contributed by atoms with Crippen molar-refractivity contribution in [2.75, 3.05) is 26.2 Å². The van der Waals surface area contributed by atoms with Gasteiger partial charge in [0.15, 0.2) is 6.61 Å². The third kappa shape index (κ3) is 4.04. The summed E-state index contributed by atoms with van der Waals surface area (Å²) in [6.07, 6.45) is 2.19. The maximum Gasteiger partial charge on any atom is 0.260 e. The molecule has 2 bridgehead atoms. The minimum atomic E-state index is -0.360. The molecule has 3 aliphatic rings. The highest BCUT2D eigenvalue weighted by molar-refractivity contribution is 7.07. The number of aromatic nitrogens is 1. The van der Waals surface area contributed by atoms with Gasteiger partial charge in [0.1, 0.15) is 11.6 Å². The molecule has 1 aromatic carbocycles. The van der Waals surface area contributed by atoms with Gasteiger partial charge in [-0.3, -0.25) is 9.69 Å². The Bertz CT molecular complexity index is 755. The van der Waals surface area contributed by atoms with Gasteiger partial charge in [-0.2, -0.15) is 0 Å². The molecule has 3 aliphatic heterocycles. The maximum absolute atomic E-state index is 13.2. The smallest absolute Gasteiger partial charge is 0.260 e. The van der Waals surface area contributed by atoms with Crippen molar-refractivity contribution in [2.24, 2.45) is 5.92 Å². The van der Waals surface area contributed by atoms with Gasteiger partial charge in [-0.05, 0) is 30.9 Å². The first kappa shape index (κ1) is 17.4. The van der Waals surface area contributed by atoms with Crippen LogP contribution in [0.5, 0.6) is 5.75 Å². The summed E-state index contributed by atoms with van der Waals surface area (Å²) < 4.78 is 18.7. The first-order valence-corrected chi connectivity index (χ1v) is 9.89. The van der Waals surface area contributed by atoms with E-state index in [1.807, 2.05) is 10.4 Å². The SMILES string of the molecule is O=C(COc1cccc(F)c1)N1C[C@@H]2CC[C@H]1CN(Cc1cscn1)C2. The molecule has 0 aliphatic carbocycles. The summed E-state index contributed by atoms with van der Waals surface area (Å²) in [5.41, 5.74) is 2.96. The lowest BCUT2D eigenvalue weighted by molar-refractivity contribution is -0.137. The molecule has 5 rings (SSSR count). The molecule has 26 heavy (non-hydrogen) atoms. The second-order valence-corrected chi connectivity index (χ2v) is 7.78. The van der Waals surface area contributed by atoms with E-state index in [2.05, 4.69) is 15.3 Å². The summed E-state index contributed by atoms with van der Waals surface area (Å²) in [6.45, 7) is 3.46. The minimum Gasteiger partial charge on any atom is -0.484 e. The van der Waals surface area contributed by atoms with Gasteiger partial charge in [0, 0.05) is 43.7 Å². The van der Waals surface area contributed by atoms with Gasteiger partial charge < -0.3 is 9.64 Å². The molecule has 0 spiro atoms. The number of carbonyl (C=O) groups excluding carboxylic acids is 1. The number of rotatable bonds is 5. The zero-order chi connectivity index (χ0) is 17.9. The first-order valence-electron chi connectivity index (χ1n) is 8.94. The predicted molar refractivity (Wildman–Crippen MR) is 97.5 cm³/mol. The monoisotopic (exact) mass is 375 g/mol. The van der Waals surface area contributed by atoms with Crippen LogP contribution in [0.25, 0.3) is 0 Å². The van der Waals surface area contributed by atoms with E-state index in [1.54, 1.807) is 23.5 Å². The molecule has 2 aromatic rings. The van der Waals surface area contributed by atoms with Crippen molar-refractivity contribution in [3.63, 3.8) is 0 Å². The molecular weight excluding hydrogens is 353 g/mol. The van der Waals surface area contributed by atoms with Gasteiger partial charge in [0.2, 0.25) is 0 Å². The fraction of sp³-hybridized carbons (Fsp3) is 0.474. The third-order valence-corrected chi connectivity index (χ3v) is 5.77. The third-order valence-electron chi connectivity index (χ3n) is 5.14. The Morgan fingerprint density at radius 1 is 1.31 bits per heavy atom. The molecule has 0 unspecified atom stereocenters. The molecule has 2 atom stereocenters. The summed E-state index contributed by atoms with van der Waals surface area (Å²) >= 11 is 1.62.